The van der Waals surface area contributed by atoms with E-state index in [4.69, 9.17) is 4.42 Å². The summed E-state index contributed by atoms with van der Waals surface area (Å²) in [5, 5.41) is 6.49. The maximum atomic E-state index is 12.8. The van der Waals surface area contributed by atoms with E-state index in [1.165, 1.54) is 0 Å². The molecule has 30 heavy (non-hydrogen) atoms. The fourth-order valence-corrected chi connectivity index (χ4v) is 3.72. The molecule has 146 valence electrons. The zero-order valence-electron chi connectivity index (χ0n) is 16.2. The third kappa shape index (κ3) is 3.51. The van der Waals surface area contributed by atoms with E-state index in [0.29, 0.717) is 0 Å². The van der Waals surface area contributed by atoms with Crippen LogP contribution in [-0.2, 0) is 4.79 Å². The summed E-state index contributed by atoms with van der Waals surface area (Å²) in [7, 11) is 0. The van der Waals surface area contributed by atoms with Crippen LogP contribution in [0, 0.1) is 0 Å². The number of hydrogen-bond acceptors (Lipinski definition) is 3. The highest BCUT2D eigenvalue weighted by Gasteiger charge is 2.30. The van der Waals surface area contributed by atoms with Gasteiger partial charge in [0.25, 0.3) is 0 Å². The normalized spacial score (nSPS) is 15.5. The molecule has 0 radical (unpaired) electrons. The van der Waals surface area contributed by atoms with Crippen molar-refractivity contribution in [2.75, 3.05) is 10.6 Å². The molecule has 3 aromatic carbocycles. The van der Waals surface area contributed by atoms with Crippen molar-refractivity contribution in [1.29, 1.82) is 0 Å². The SMILES string of the molecule is O=C1Nc2cc(-c3ccco3)ccc2C1C=C(Nc1ccccc1)c1ccccc1. The molecule has 1 amide bonds. The number of furan rings is 1. The minimum Gasteiger partial charge on any atom is -0.464 e. The summed E-state index contributed by atoms with van der Waals surface area (Å²) in [6.45, 7) is 0. The molecule has 5 rings (SSSR count). The third-order valence-electron chi connectivity index (χ3n) is 5.21. The van der Waals surface area contributed by atoms with Crippen LogP contribution in [0.15, 0.2) is 108 Å². The number of amides is 1. The summed E-state index contributed by atoms with van der Waals surface area (Å²) in [5.74, 6) is 0.365. The van der Waals surface area contributed by atoms with Crippen molar-refractivity contribution in [3.05, 3.63) is 114 Å². The van der Waals surface area contributed by atoms with Crippen LogP contribution in [-0.4, -0.2) is 5.91 Å². The van der Waals surface area contributed by atoms with Gasteiger partial charge in [-0.15, -0.1) is 0 Å². The Morgan fingerprint density at radius 3 is 2.40 bits per heavy atom. The molecule has 1 unspecified atom stereocenters. The highest BCUT2D eigenvalue weighted by atomic mass is 16.3. The average Bonchev–Trinajstić information content (AvgIpc) is 3.43. The Hall–Kier alpha value is -4.05. The molecule has 1 aliphatic rings. The summed E-state index contributed by atoms with van der Waals surface area (Å²) in [4.78, 5) is 12.8. The molecule has 0 saturated carbocycles. The first-order chi connectivity index (χ1) is 14.8. The van der Waals surface area contributed by atoms with E-state index >= 15 is 0 Å². The van der Waals surface area contributed by atoms with Crippen LogP contribution in [0.4, 0.5) is 11.4 Å². The van der Waals surface area contributed by atoms with Crippen LogP contribution in [0.25, 0.3) is 17.0 Å². The molecular formula is C26H20N2O2. The first-order valence-electron chi connectivity index (χ1n) is 9.86. The number of nitrogens with one attached hydrogen (secondary N) is 2. The lowest BCUT2D eigenvalue weighted by molar-refractivity contribution is -0.116. The summed E-state index contributed by atoms with van der Waals surface area (Å²) in [6, 6.07) is 29.7. The summed E-state index contributed by atoms with van der Waals surface area (Å²) >= 11 is 0. The molecule has 1 aromatic heterocycles. The summed E-state index contributed by atoms with van der Waals surface area (Å²) < 4.78 is 5.49. The summed E-state index contributed by atoms with van der Waals surface area (Å²) in [6.07, 6.45) is 3.64. The fraction of sp³-hybridized carbons (Fsp3) is 0.0385. The predicted octanol–water partition coefficient (Wildman–Crippen LogP) is 6.14. The van der Waals surface area contributed by atoms with Crippen molar-refractivity contribution in [3.63, 3.8) is 0 Å². The second-order valence-electron chi connectivity index (χ2n) is 7.18. The van der Waals surface area contributed by atoms with Crippen molar-refractivity contribution in [3.8, 4) is 11.3 Å². The Balaban J connectivity index is 1.53. The van der Waals surface area contributed by atoms with Crippen molar-refractivity contribution < 1.29 is 9.21 Å². The molecule has 0 bridgehead atoms. The monoisotopic (exact) mass is 392 g/mol. The Labute approximate surface area is 174 Å². The highest BCUT2D eigenvalue weighted by Crippen LogP contribution is 2.38. The van der Waals surface area contributed by atoms with Crippen LogP contribution in [0.3, 0.4) is 0 Å². The molecule has 4 aromatic rings. The molecule has 2 N–H and O–H groups in total. The van der Waals surface area contributed by atoms with Gasteiger partial charge >= 0.3 is 0 Å². The van der Waals surface area contributed by atoms with Crippen molar-refractivity contribution in [2.45, 2.75) is 5.92 Å². The lowest BCUT2D eigenvalue weighted by atomic mass is 9.96. The van der Waals surface area contributed by atoms with Gasteiger partial charge in [-0.05, 0) is 47.5 Å². The quantitative estimate of drug-likeness (QED) is 0.429. The van der Waals surface area contributed by atoms with E-state index in [2.05, 4.69) is 10.6 Å². The van der Waals surface area contributed by atoms with Crippen molar-refractivity contribution in [1.82, 2.24) is 0 Å². The van der Waals surface area contributed by atoms with E-state index in [1.54, 1.807) is 6.26 Å². The second kappa shape index (κ2) is 7.76. The second-order valence-corrected chi connectivity index (χ2v) is 7.18. The lowest BCUT2D eigenvalue weighted by Gasteiger charge is -2.14. The Bertz CT molecular complexity index is 1200. The van der Waals surface area contributed by atoms with Gasteiger partial charge in [-0.25, -0.2) is 0 Å². The van der Waals surface area contributed by atoms with Gasteiger partial charge in [-0.3, -0.25) is 4.79 Å². The maximum Gasteiger partial charge on any atom is 0.235 e. The summed E-state index contributed by atoms with van der Waals surface area (Å²) in [5.41, 5.74) is 5.61. The van der Waals surface area contributed by atoms with Gasteiger partial charge in [-0.1, -0.05) is 60.7 Å². The number of carbonyl (C=O) groups excluding carboxylic acids is 1. The molecule has 2 heterocycles. The van der Waals surface area contributed by atoms with Gasteiger partial charge in [0.15, 0.2) is 0 Å². The third-order valence-corrected chi connectivity index (χ3v) is 5.21. The smallest absolute Gasteiger partial charge is 0.235 e. The minimum atomic E-state index is -0.378. The standard InChI is InChI=1S/C26H20N2O2/c29-26-22(21-14-13-19(16-24(21)28-26)25-12-7-15-30-25)17-23(18-8-3-1-4-9-18)27-20-10-5-2-6-11-20/h1-17,22,27H,(H,28,29). The maximum absolute atomic E-state index is 12.8. The van der Waals surface area contributed by atoms with Crippen LogP contribution >= 0.6 is 0 Å². The topological polar surface area (TPSA) is 54.3 Å². The van der Waals surface area contributed by atoms with Crippen LogP contribution in [0.2, 0.25) is 0 Å². The first kappa shape index (κ1) is 18.0. The average molecular weight is 392 g/mol. The van der Waals surface area contributed by atoms with Crippen LogP contribution < -0.4 is 10.6 Å². The highest BCUT2D eigenvalue weighted by molar-refractivity contribution is 6.06. The van der Waals surface area contributed by atoms with Crippen LogP contribution in [0.5, 0.6) is 0 Å². The Morgan fingerprint density at radius 1 is 0.900 bits per heavy atom. The molecule has 0 aliphatic carbocycles. The lowest BCUT2D eigenvalue weighted by Crippen LogP contribution is -2.11. The van der Waals surface area contributed by atoms with E-state index in [0.717, 1.165) is 39.5 Å². The molecule has 1 atom stereocenters. The number of hydrogen-bond donors (Lipinski definition) is 2. The molecule has 1 aliphatic heterocycles. The number of carbonyl (C=O) groups is 1. The minimum absolute atomic E-state index is 0.0371. The van der Waals surface area contributed by atoms with E-state index < -0.39 is 0 Å². The van der Waals surface area contributed by atoms with Crippen LogP contribution in [0.1, 0.15) is 17.0 Å². The molecule has 0 saturated heterocycles. The van der Waals surface area contributed by atoms with E-state index in [1.807, 2.05) is 97.1 Å². The van der Waals surface area contributed by atoms with Gasteiger partial charge in [0.2, 0.25) is 5.91 Å². The predicted molar refractivity (Wildman–Crippen MR) is 120 cm³/mol. The van der Waals surface area contributed by atoms with Crippen molar-refractivity contribution >= 4 is 23.0 Å². The van der Waals surface area contributed by atoms with Crippen molar-refractivity contribution in [2.24, 2.45) is 0 Å². The molecule has 4 heteroatoms. The molecule has 4 nitrogen and oxygen atoms in total. The van der Waals surface area contributed by atoms with Gasteiger partial charge in [0.1, 0.15) is 5.76 Å². The number of anilines is 2. The van der Waals surface area contributed by atoms with E-state index in [9.17, 15) is 4.79 Å². The number of fused-ring (bicyclic) bond motifs is 1. The van der Waals surface area contributed by atoms with Gasteiger partial charge in [0.05, 0.1) is 12.2 Å². The molecular weight excluding hydrogens is 372 g/mol. The van der Waals surface area contributed by atoms with E-state index in [-0.39, 0.29) is 11.8 Å². The number of rotatable bonds is 5. The fourth-order valence-electron chi connectivity index (χ4n) is 3.72. The Morgan fingerprint density at radius 2 is 1.67 bits per heavy atom. The molecule has 0 fully saturated rings. The zero-order chi connectivity index (χ0) is 20.3. The van der Waals surface area contributed by atoms with Gasteiger partial charge in [0, 0.05) is 22.6 Å². The van der Waals surface area contributed by atoms with Gasteiger partial charge < -0.3 is 15.1 Å². The first-order valence-corrected chi connectivity index (χ1v) is 9.86. The van der Waals surface area contributed by atoms with Gasteiger partial charge in [-0.2, -0.15) is 0 Å². The largest absolute Gasteiger partial charge is 0.464 e. The molecule has 0 spiro atoms. The zero-order valence-corrected chi connectivity index (χ0v) is 16.2. The number of benzene rings is 3. The number of para-hydroxylation sites is 1. The Kier molecular flexibility index (Phi) is 4.66.